The van der Waals surface area contributed by atoms with Gasteiger partial charge in [0, 0.05) is 0 Å². The largest absolute Gasteiger partial charge is 0.535 e. The second kappa shape index (κ2) is 4.11. The van der Waals surface area contributed by atoms with E-state index < -0.39 is 23.9 Å². The molecule has 12 heavy (non-hydrogen) atoms. The predicted molar refractivity (Wildman–Crippen MR) is 30.6 cm³/mol. The molecule has 0 amide bonds. The lowest BCUT2D eigenvalue weighted by molar-refractivity contribution is -0.175. The molecule has 1 N–H and O–H groups in total. The van der Waals surface area contributed by atoms with Crippen molar-refractivity contribution in [3.8, 4) is 0 Å². The maximum Gasteiger partial charge on any atom is 0.425 e. The second-order valence-corrected chi connectivity index (χ2v) is 1.39. The lowest BCUT2D eigenvalue weighted by atomic mass is 10.5. The minimum Gasteiger partial charge on any atom is -0.535 e. The van der Waals surface area contributed by atoms with Crippen LogP contribution in [0.3, 0.4) is 0 Å². The predicted octanol–water partition coefficient (Wildman–Crippen LogP) is -2.23. The van der Waals surface area contributed by atoms with Gasteiger partial charge in [-0.1, -0.05) is 0 Å². The van der Waals surface area contributed by atoms with Crippen LogP contribution < -0.4 is 0 Å². The number of carbonyl (C=O) groups is 4. The number of carboxylic acid groups (broad SMARTS) is 1. The fraction of sp³-hybridized carbons (Fsp3) is 0. The first-order chi connectivity index (χ1) is 5.49. The summed E-state index contributed by atoms with van der Waals surface area (Å²) in [5, 5.41) is 7.88. The molecule has 0 aliphatic carbocycles. The van der Waals surface area contributed by atoms with Crippen molar-refractivity contribution in [2.24, 2.45) is 0 Å². The number of aliphatic carboxylic acids is 1. The molecule has 0 saturated heterocycles. The summed E-state index contributed by atoms with van der Waals surface area (Å²) in [6.07, 6.45) is 0. The first-order valence-corrected chi connectivity index (χ1v) is 2.39. The molecule has 62 valence electrons. The van der Waals surface area contributed by atoms with Crippen molar-refractivity contribution in [2.45, 2.75) is 0 Å². The van der Waals surface area contributed by atoms with Gasteiger partial charge in [-0.15, -0.1) is 0 Å². The second-order valence-electron chi connectivity index (χ2n) is 1.39. The SMILES string of the molecule is [B]OC(=O)C(=O)OC(=O)C(=O)O. The van der Waals surface area contributed by atoms with Crippen LogP contribution in [0.4, 0.5) is 0 Å². The van der Waals surface area contributed by atoms with Crippen LogP contribution in [0.5, 0.6) is 0 Å². The standard InChI is InChI=1S/C4HBO7/c5-12-4(10)3(9)11-2(8)1(6)7/h(H,6,7). The van der Waals surface area contributed by atoms with Gasteiger partial charge in [-0.2, -0.15) is 0 Å². The molecule has 0 aromatic rings. The molecule has 7 nitrogen and oxygen atoms in total. The van der Waals surface area contributed by atoms with Gasteiger partial charge >= 0.3 is 31.9 Å². The van der Waals surface area contributed by atoms with Crippen molar-refractivity contribution < 1.29 is 33.7 Å². The van der Waals surface area contributed by atoms with Crippen LogP contribution in [0, 0.1) is 0 Å². The molecule has 0 atom stereocenters. The highest BCUT2D eigenvalue weighted by molar-refractivity contribution is 6.40. The zero-order chi connectivity index (χ0) is 9.72. The molecule has 0 rings (SSSR count). The van der Waals surface area contributed by atoms with Gasteiger partial charge in [-0.25, -0.2) is 19.2 Å². The van der Waals surface area contributed by atoms with E-state index in [9.17, 15) is 19.2 Å². The van der Waals surface area contributed by atoms with Crippen LogP contribution >= 0.6 is 0 Å². The third-order valence-corrected chi connectivity index (χ3v) is 0.634. The summed E-state index contributed by atoms with van der Waals surface area (Å²) in [4.78, 5) is 40.1. The van der Waals surface area contributed by atoms with E-state index in [0.29, 0.717) is 0 Å². The summed E-state index contributed by atoms with van der Waals surface area (Å²) in [6, 6.07) is 0. The molecule has 0 aromatic heterocycles. The molecule has 0 aliphatic heterocycles. The van der Waals surface area contributed by atoms with E-state index in [1.807, 2.05) is 0 Å². The van der Waals surface area contributed by atoms with Crippen LogP contribution in [0.25, 0.3) is 0 Å². The van der Waals surface area contributed by atoms with Crippen LogP contribution in [0.1, 0.15) is 0 Å². The summed E-state index contributed by atoms with van der Waals surface area (Å²) in [7, 11) is 4.22. The fourth-order valence-electron chi connectivity index (χ4n) is 0.218. The van der Waals surface area contributed by atoms with E-state index in [-0.39, 0.29) is 0 Å². The Morgan fingerprint density at radius 3 is 1.83 bits per heavy atom. The molecule has 0 aromatic carbocycles. The maximum atomic E-state index is 10.2. The Balaban J connectivity index is 4.11. The molecule has 0 heterocycles. The van der Waals surface area contributed by atoms with Crippen molar-refractivity contribution >= 4 is 31.9 Å². The minimum absolute atomic E-state index is 1.66. The summed E-state index contributed by atoms with van der Waals surface area (Å²) >= 11 is 0. The van der Waals surface area contributed by atoms with Crippen molar-refractivity contribution in [3.63, 3.8) is 0 Å². The minimum atomic E-state index is -2.01. The Morgan fingerprint density at radius 1 is 1.00 bits per heavy atom. The number of esters is 2. The third-order valence-electron chi connectivity index (χ3n) is 0.634. The summed E-state index contributed by atoms with van der Waals surface area (Å²) in [6.45, 7) is 0. The first kappa shape index (κ1) is 10.1. The van der Waals surface area contributed by atoms with Gasteiger partial charge in [0.1, 0.15) is 0 Å². The Kier molecular flexibility index (Phi) is 3.48. The average molecular weight is 172 g/mol. The highest BCUT2D eigenvalue weighted by atomic mass is 16.6. The average Bonchev–Trinajstić information content (AvgIpc) is 2.02. The molecule has 0 aliphatic rings. The molecule has 8 heteroatoms. The zero-order valence-electron chi connectivity index (χ0n) is 5.47. The quantitative estimate of drug-likeness (QED) is 0.190. The number of ether oxygens (including phenoxy) is 1. The summed E-state index contributed by atoms with van der Waals surface area (Å²) in [5.74, 6) is -7.34. The number of hydrogen-bond acceptors (Lipinski definition) is 6. The molecule has 0 spiro atoms. The first-order valence-electron chi connectivity index (χ1n) is 2.39. The normalized spacial score (nSPS) is 8.33. The number of carbonyl (C=O) groups excluding carboxylic acids is 3. The molecule has 0 fully saturated rings. The van der Waals surface area contributed by atoms with E-state index >= 15 is 0 Å². The topological polar surface area (TPSA) is 107 Å². The van der Waals surface area contributed by atoms with Gasteiger partial charge in [0.2, 0.25) is 0 Å². The fourth-order valence-corrected chi connectivity index (χ4v) is 0.218. The van der Waals surface area contributed by atoms with Crippen molar-refractivity contribution in [1.29, 1.82) is 0 Å². The lowest BCUT2D eigenvalue weighted by Crippen LogP contribution is -2.26. The van der Waals surface area contributed by atoms with E-state index in [1.54, 1.807) is 0 Å². The smallest absolute Gasteiger partial charge is 0.425 e. The van der Waals surface area contributed by atoms with E-state index in [4.69, 9.17) is 5.11 Å². The van der Waals surface area contributed by atoms with Crippen molar-refractivity contribution in [1.82, 2.24) is 0 Å². The van der Waals surface area contributed by atoms with Crippen molar-refractivity contribution in [2.75, 3.05) is 0 Å². The van der Waals surface area contributed by atoms with Gasteiger partial charge in [0.15, 0.2) is 0 Å². The summed E-state index contributed by atoms with van der Waals surface area (Å²) < 4.78 is 6.77. The molecule has 0 unspecified atom stereocenters. The number of hydrogen-bond donors (Lipinski definition) is 1. The van der Waals surface area contributed by atoms with E-state index in [0.717, 1.165) is 0 Å². The van der Waals surface area contributed by atoms with Gasteiger partial charge in [0.25, 0.3) is 0 Å². The van der Waals surface area contributed by atoms with Gasteiger partial charge in [-0.05, 0) is 0 Å². The highest BCUT2D eigenvalue weighted by Gasteiger charge is 2.23. The number of carboxylic acids is 1. The Bertz CT molecular complexity index is 244. The maximum absolute atomic E-state index is 10.2. The summed E-state index contributed by atoms with van der Waals surface area (Å²) in [5.41, 5.74) is 0. The Hall–Kier alpha value is -1.86. The van der Waals surface area contributed by atoms with Crippen LogP contribution in [0.2, 0.25) is 0 Å². The van der Waals surface area contributed by atoms with Gasteiger partial charge in [0.05, 0.1) is 0 Å². The van der Waals surface area contributed by atoms with Gasteiger partial charge < -0.3 is 14.5 Å². The van der Waals surface area contributed by atoms with E-state index in [2.05, 4.69) is 17.4 Å². The highest BCUT2D eigenvalue weighted by Crippen LogP contribution is 1.83. The molecule has 0 saturated carbocycles. The Labute approximate surface area is 66.7 Å². The lowest BCUT2D eigenvalue weighted by Gasteiger charge is -1.96. The van der Waals surface area contributed by atoms with E-state index in [1.165, 1.54) is 0 Å². The Morgan fingerprint density at radius 2 is 1.50 bits per heavy atom. The van der Waals surface area contributed by atoms with Crippen LogP contribution in [-0.4, -0.2) is 37.0 Å². The van der Waals surface area contributed by atoms with Gasteiger partial charge in [-0.3, -0.25) is 0 Å². The van der Waals surface area contributed by atoms with Crippen molar-refractivity contribution in [3.05, 3.63) is 0 Å². The monoisotopic (exact) mass is 172 g/mol. The molecular weight excluding hydrogens is 171 g/mol. The zero-order valence-corrected chi connectivity index (χ0v) is 5.47. The number of rotatable bonds is 0. The third kappa shape index (κ3) is 2.82. The molecule has 0 bridgehead atoms. The van der Waals surface area contributed by atoms with Crippen LogP contribution in [-0.2, 0) is 28.6 Å². The molecular formula is C4HBO7. The molecule has 2 radical (unpaired) electrons. The van der Waals surface area contributed by atoms with Crippen LogP contribution in [0.15, 0.2) is 0 Å².